The average molecular weight is 1240 g/mol. The SMILES string of the molecule is O=C(CN(CC(=O)N[C@H](CCOC1OC[C@H](CO)[C@@H](O)[C@H](O)[C@@H]1O)CO[C@H]1O[C@H](CO)[C@@H](O)[C@H](O)[C@@H]1O)CC(=O)N[C@H](CCO[C@H]1O[C@H](CO)[C@@H](O)[C@H](CO)[C@@H]1O)CO[C@H]1O[C@H](CO)C[C@H](O)[C@@H]1O)NCCCCCC(=O)ON1C(=O)CCC1=O. The molecule has 5 rings (SSSR count). The van der Waals surface area contributed by atoms with Crippen LogP contribution in [-0.4, -0.2) is 331 Å². The van der Waals surface area contributed by atoms with Crippen molar-refractivity contribution < 1.29 is 148 Å². The normalized spacial score (nSPS) is 34.4. The highest BCUT2D eigenvalue weighted by molar-refractivity contribution is 6.01. The molecule has 5 saturated heterocycles. The summed E-state index contributed by atoms with van der Waals surface area (Å²) in [6.45, 7) is -7.69. The van der Waals surface area contributed by atoms with Crippen molar-refractivity contribution in [2.45, 2.75) is 174 Å². The highest BCUT2D eigenvalue weighted by Gasteiger charge is 2.47. The van der Waals surface area contributed by atoms with Gasteiger partial charge in [0.2, 0.25) is 17.7 Å². The number of carbonyl (C=O) groups is 6. The fourth-order valence-electron chi connectivity index (χ4n) is 9.71. The number of rotatable bonds is 34. The Morgan fingerprint density at radius 1 is 0.553 bits per heavy atom. The summed E-state index contributed by atoms with van der Waals surface area (Å²) in [5.74, 6) is -6.78. The molecule has 5 fully saturated rings. The van der Waals surface area contributed by atoms with Crippen molar-refractivity contribution in [3.05, 3.63) is 0 Å². The van der Waals surface area contributed by atoms with Gasteiger partial charge < -0.3 is 135 Å². The molecule has 0 spiro atoms. The first kappa shape index (κ1) is 71.8. The number of hydrogen-bond donors (Lipinski definition) is 18. The van der Waals surface area contributed by atoms with Crippen LogP contribution in [-0.2, 0) is 71.5 Å². The van der Waals surface area contributed by atoms with E-state index >= 15 is 0 Å². The lowest BCUT2D eigenvalue weighted by atomic mass is 9.90. The van der Waals surface area contributed by atoms with Crippen LogP contribution in [0.3, 0.4) is 0 Å². The van der Waals surface area contributed by atoms with Crippen molar-refractivity contribution in [1.29, 1.82) is 0 Å². The van der Waals surface area contributed by atoms with Crippen LogP contribution in [0.25, 0.3) is 0 Å². The van der Waals surface area contributed by atoms with Crippen LogP contribution in [0.2, 0.25) is 0 Å². The second kappa shape index (κ2) is 35.9. The lowest BCUT2D eigenvalue weighted by Crippen LogP contribution is -2.59. The molecule has 0 aliphatic carbocycles. The Kier molecular flexibility index (Phi) is 30.3. The molecule has 18 N–H and O–H groups in total. The molecule has 35 nitrogen and oxygen atoms in total. The molecular weight excluding hydrogens is 1150 g/mol. The fourth-order valence-corrected chi connectivity index (χ4v) is 9.71. The van der Waals surface area contributed by atoms with E-state index < -0.39 is 236 Å². The summed E-state index contributed by atoms with van der Waals surface area (Å²) in [7, 11) is 0. The topological polar surface area (TPSA) is 532 Å². The van der Waals surface area contributed by atoms with Gasteiger partial charge in [0.05, 0.1) is 122 Å². The molecule has 1 unspecified atom stereocenters. The van der Waals surface area contributed by atoms with E-state index in [0.29, 0.717) is 17.9 Å². The molecule has 0 saturated carbocycles. The zero-order valence-corrected chi connectivity index (χ0v) is 46.6. The van der Waals surface area contributed by atoms with Gasteiger partial charge in [-0.3, -0.25) is 28.9 Å². The number of hydroxylamine groups is 2. The van der Waals surface area contributed by atoms with Gasteiger partial charge in [-0.15, -0.1) is 5.06 Å². The third-order valence-electron chi connectivity index (χ3n) is 14.8. The number of amides is 5. The largest absolute Gasteiger partial charge is 0.396 e. The van der Waals surface area contributed by atoms with Gasteiger partial charge in [0.1, 0.15) is 54.9 Å². The first-order valence-corrected chi connectivity index (χ1v) is 28.1. The number of aliphatic hydroxyl groups excluding tert-OH is 15. The number of unbranched alkanes of at least 4 members (excludes halogenated alkanes) is 2. The monoisotopic (exact) mass is 1240 g/mol. The zero-order valence-electron chi connectivity index (χ0n) is 46.6. The summed E-state index contributed by atoms with van der Waals surface area (Å²) >= 11 is 0. The Morgan fingerprint density at radius 3 is 1.65 bits per heavy atom. The Hall–Kier alpha value is -3.94. The summed E-state index contributed by atoms with van der Waals surface area (Å²) in [6.07, 6.45) is -26.7. The van der Waals surface area contributed by atoms with Crippen molar-refractivity contribution in [3.8, 4) is 0 Å². The number of nitrogens with zero attached hydrogens (tertiary/aromatic N) is 2. The molecule has 0 radical (unpaired) electrons. The van der Waals surface area contributed by atoms with E-state index in [4.69, 9.17) is 42.7 Å². The van der Waals surface area contributed by atoms with Gasteiger partial charge in [-0.05, 0) is 25.7 Å². The molecule has 5 aliphatic heterocycles. The van der Waals surface area contributed by atoms with E-state index in [9.17, 15) is 105 Å². The summed E-state index contributed by atoms with van der Waals surface area (Å²) in [6, 6.07) is -2.31. The Labute approximate surface area is 487 Å². The summed E-state index contributed by atoms with van der Waals surface area (Å²) < 4.78 is 44.9. The third-order valence-corrected chi connectivity index (χ3v) is 14.8. The molecular formula is C50H85N5O30. The van der Waals surface area contributed by atoms with Gasteiger partial charge in [0.15, 0.2) is 25.2 Å². The second-order valence-electron chi connectivity index (χ2n) is 21.3. The van der Waals surface area contributed by atoms with Crippen LogP contribution in [0, 0.1) is 11.8 Å². The van der Waals surface area contributed by atoms with Gasteiger partial charge in [-0.1, -0.05) is 6.42 Å². The molecule has 0 aromatic carbocycles. The van der Waals surface area contributed by atoms with E-state index in [1.807, 2.05) is 0 Å². The molecule has 5 heterocycles. The number of hydrogen-bond acceptors (Lipinski definition) is 31. The number of nitrogens with one attached hydrogen (secondary N) is 3. The van der Waals surface area contributed by atoms with Gasteiger partial charge >= 0.3 is 5.97 Å². The van der Waals surface area contributed by atoms with E-state index in [2.05, 4.69) is 16.0 Å². The van der Waals surface area contributed by atoms with Crippen LogP contribution in [0.15, 0.2) is 0 Å². The summed E-state index contributed by atoms with van der Waals surface area (Å²) in [4.78, 5) is 83.6. The predicted octanol–water partition coefficient (Wildman–Crippen LogP) is -10.9. The summed E-state index contributed by atoms with van der Waals surface area (Å²) in [5.41, 5.74) is 0. The van der Waals surface area contributed by atoms with E-state index in [0.717, 1.165) is 4.90 Å². The van der Waals surface area contributed by atoms with Gasteiger partial charge in [-0.25, -0.2) is 4.79 Å². The first-order chi connectivity index (χ1) is 40.5. The standard InChI is InChI=1S/C50H85N5O30/c56-16-24-21-79-47(45(75)43(73)38(24)68)77-10-7-25(23-81-50-46(76)44(74)42(72)31(20-60)84-50)52-33(63)14-54(13-32(62)51-9-3-1-2-4-37(67)85-55-35(65)5-6-36(55)66)15-34(64)53-26(22-80-49-41(71)29(61)12-27(17-57)82-49)8-11-78-48-40(70)28(18-58)39(69)30(19-59)83-48/h24-31,38-50,56-61,68-76H,1-23H2,(H,51,62)(H,52,63)(H,53,64)/t24-,25+,26+,27-,28-,29-,30+,31+,38+,39-,40-,41-,42+,43-,44-,45-,46-,47?,48-,49-,50-/m0/s1. The number of ether oxygens (including phenoxy) is 8. The average Bonchev–Trinajstić information content (AvgIpc) is 3.90. The Balaban J connectivity index is 1.31. The van der Waals surface area contributed by atoms with Gasteiger partial charge in [0.25, 0.3) is 11.8 Å². The molecule has 35 heteroatoms. The second-order valence-corrected chi connectivity index (χ2v) is 21.3. The van der Waals surface area contributed by atoms with Crippen molar-refractivity contribution in [1.82, 2.24) is 25.9 Å². The molecule has 0 bridgehead atoms. The van der Waals surface area contributed by atoms with Gasteiger partial charge in [0, 0.05) is 44.1 Å². The van der Waals surface area contributed by atoms with Crippen LogP contribution in [0.4, 0.5) is 0 Å². The maximum Gasteiger partial charge on any atom is 0.333 e. The van der Waals surface area contributed by atoms with Crippen molar-refractivity contribution in [3.63, 3.8) is 0 Å². The van der Waals surface area contributed by atoms with Crippen molar-refractivity contribution in [2.24, 2.45) is 11.8 Å². The maximum atomic E-state index is 14.1. The number of carbonyl (C=O) groups excluding carboxylic acids is 6. The number of aliphatic hydroxyl groups is 15. The molecule has 21 atom stereocenters. The van der Waals surface area contributed by atoms with Crippen molar-refractivity contribution >= 4 is 35.5 Å². The predicted molar refractivity (Wildman–Crippen MR) is 275 cm³/mol. The number of imide groups is 1. The Morgan fingerprint density at radius 2 is 1.08 bits per heavy atom. The quantitative estimate of drug-likeness (QED) is 0.0210. The summed E-state index contributed by atoms with van der Waals surface area (Å²) in [5, 5.41) is 162. The zero-order chi connectivity index (χ0) is 62.5. The minimum Gasteiger partial charge on any atom is -0.396 e. The highest BCUT2D eigenvalue weighted by Crippen LogP contribution is 2.28. The lowest BCUT2D eigenvalue weighted by Gasteiger charge is -2.41. The Bertz CT molecular complexity index is 2060. The smallest absolute Gasteiger partial charge is 0.333 e. The van der Waals surface area contributed by atoms with Crippen molar-refractivity contribution in [2.75, 3.05) is 92.2 Å². The molecule has 0 aromatic rings. The lowest BCUT2D eigenvalue weighted by molar-refractivity contribution is -0.302. The third kappa shape index (κ3) is 21.4. The van der Waals surface area contributed by atoms with Crippen LogP contribution in [0.5, 0.6) is 0 Å². The maximum absolute atomic E-state index is 14.1. The van der Waals surface area contributed by atoms with Crippen LogP contribution >= 0.6 is 0 Å². The van der Waals surface area contributed by atoms with E-state index in [1.54, 1.807) is 0 Å². The van der Waals surface area contributed by atoms with Crippen LogP contribution in [0.1, 0.15) is 57.8 Å². The molecule has 85 heavy (non-hydrogen) atoms. The van der Waals surface area contributed by atoms with E-state index in [-0.39, 0.29) is 64.7 Å². The molecule has 5 amide bonds. The van der Waals surface area contributed by atoms with E-state index in [1.165, 1.54) is 0 Å². The fraction of sp³-hybridized carbons (Fsp3) is 0.880. The minimum atomic E-state index is -1.88. The molecule has 490 valence electrons. The first-order valence-electron chi connectivity index (χ1n) is 28.1. The van der Waals surface area contributed by atoms with Crippen LogP contribution < -0.4 is 16.0 Å². The molecule has 0 aromatic heterocycles. The van der Waals surface area contributed by atoms with Gasteiger partial charge in [-0.2, -0.15) is 0 Å². The highest BCUT2D eigenvalue weighted by atomic mass is 16.7. The minimum absolute atomic E-state index is 0.0213. The molecule has 5 aliphatic rings.